The molecular weight excluding hydrogens is 238 g/mol. The number of carbonyl (C=O) groups excluding carboxylic acids is 1. The lowest BCUT2D eigenvalue weighted by Crippen LogP contribution is -2.37. The first-order valence-corrected chi connectivity index (χ1v) is 6.79. The Kier molecular flexibility index (Phi) is 5.92. The molecule has 1 amide bonds. The second-order valence-electron chi connectivity index (χ2n) is 4.11. The quantitative estimate of drug-likeness (QED) is 0.746. The van der Waals surface area contributed by atoms with Crippen molar-refractivity contribution in [2.24, 2.45) is 5.92 Å². The van der Waals surface area contributed by atoms with E-state index in [2.05, 4.69) is 5.92 Å². The SMILES string of the molecule is C#CCN(CC(=O)O)C(=O)CC1CCSCC1. The summed E-state index contributed by atoms with van der Waals surface area (Å²) in [5, 5.41) is 8.70. The fourth-order valence-corrected chi connectivity index (χ4v) is 3.04. The van der Waals surface area contributed by atoms with Gasteiger partial charge in [0, 0.05) is 6.42 Å². The number of rotatable bonds is 5. The van der Waals surface area contributed by atoms with Gasteiger partial charge in [-0.3, -0.25) is 9.59 Å². The Labute approximate surface area is 106 Å². The number of terminal acetylenes is 1. The minimum absolute atomic E-state index is 0.0760. The Balaban J connectivity index is 2.46. The smallest absolute Gasteiger partial charge is 0.323 e. The van der Waals surface area contributed by atoms with Crippen LogP contribution in [-0.4, -0.2) is 46.5 Å². The maximum absolute atomic E-state index is 11.9. The highest BCUT2D eigenvalue weighted by Gasteiger charge is 2.22. The van der Waals surface area contributed by atoms with Crippen LogP contribution in [0.1, 0.15) is 19.3 Å². The van der Waals surface area contributed by atoms with E-state index in [0.29, 0.717) is 12.3 Å². The molecule has 0 aromatic rings. The van der Waals surface area contributed by atoms with Gasteiger partial charge >= 0.3 is 5.97 Å². The molecule has 0 atom stereocenters. The van der Waals surface area contributed by atoms with E-state index in [0.717, 1.165) is 24.3 Å². The largest absolute Gasteiger partial charge is 0.480 e. The summed E-state index contributed by atoms with van der Waals surface area (Å²) >= 11 is 1.90. The van der Waals surface area contributed by atoms with Crippen LogP contribution < -0.4 is 0 Å². The van der Waals surface area contributed by atoms with Crippen LogP contribution in [-0.2, 0) is 9.59 Å². The Bertz CT molecular complexity index is 318. The predicted octanol–water partition coefficient (Wildman–Crippen LogP) is 1.07. The van der Waals surface area contributed by atoms with Gasteiger partial charge in [-0.25, -0.2) is 0 Å². The van der Waals surface area contributed by atoms with Gasteiger partial charge in [-0.2, -0.15) is 11.8 Å². The van der Waals surface area contributed by atoms with Crippen LogP contribution in [0.4, 0.5) is 0 Å². The third-order valence-electron chi connectivity index (χ3n) is 2.77. The molecule has 5 heteroatoms. The first-order chi connectivity index (χ1) is 8.13. The van der Waals surface area contributed by atoms with Crippen molar-refractivity contribution in [2.45, 2.75) is 19.3 Å². The highest BCUT2D eigenvalue weighted by atomic mass is 32.2. The van der Waals surface area contributed by atoms with Gasteiger partial charge in [-0.15, -0.1) is 6.42 Å². The first kappa shape index (κ1) is 13.9. The molecule has 1 aliphatic heterocycles. The lowest BCUT2D eigenvalue weighted by Gasteiger charge is -2.24. The van der Waals surface area contributed by atoms with Crippen LogP contribution in [0.2, 0.25) is 0 Å². The molecule has 1 rings (SSSR count). The van der Waals surface area contributed by atoms with Gasteiger partial charge in [-0.05, 0) is 30.3 Å². The van der Waals surface area contributed by atoms with Gasteiger partial charge in [0.05, 0.1) is 6.54 Å². The number of nitrogens with zero attached hydrogens (tertiary/aromatic N) is 1. The van der Waals surface area contributed by atoms with E-state index >= 15 is 0 Å². The van der Waals surface area contributed by atoms with Gasteiger partial charge in [0.15, 0.2) is 0 Å². The van der Waals surface area contributed by atoms with Crippen LogP contribution >= 0.6 is 11.8 Å². The normalized spacial score (nSPS) is 16.2. The molecule has 0 spiro atoms. The average molecular weight is 255 g/mol. The molecule has 1 N–H and O–H groups in total. The number of thioether (sulfide) groups is 1. The first-order valence-electron chi connectivity index (χ1n) is 5.64. The average Bonchev–Trinajstić information content (AvgIpc) is 2.29. The Morgan fingerprint density at radius 2 is 2.06 bits per heavy atom. The van der Waals surface area contributed by atoms with E-state index in [1.807, 2.05) is 11.8 Å². The third-order valence-corrected chi connectivity index (χ3v) is 3.81. The second-order valence-corrected chi connectivity index (χ2v) is 5.33. The minimum atomic E-state index is -1.02. The minimum Gasteiger partial charge on any atom is -0.480 e. The fraction of sp³-hybridized carbons (Fsp3) is 0.667. The van der Waals surface area contributed by atoms with E-state index in [1.54, 1.807) is 0 Å². The molecule has 0 bridgehead atoms. The zero-order valence-corrected chi connectivity index (χ0v) is 10.5. The number of hydrogen-bond donors (Lipinski definition) is 1. The number of carboxylic acid groups (broad SMARTS) is 1. The highest BCUT2D eigenvalue weighted by molar-refractivity contribution is 7.99. The Hall–Kier alpha value is -1.15. The monoisotopic (exact) mass is 255 g/mol. The van der Waals surface area contributed by atoms with Crippen LogP contribution in [0.15, 0.2) is 0 Å². The molecule has 0 radical (unpaired) electrons. The van der Waals surface area contributed by atoms with Crippen molar-refractivity contribution in [3.63, 3.8) is 0 Å². The van der Waals surface area contributed by atoms with Crippen molar-refractivity contribution in [3.05, 3.63) is 0 Å². The number of hydrogen-bond acceptors (Lipinski definition) is 3. The molecule has 4 nitrogen and oxygen atoms in total. The molecule has 1 aliphatic rings. The second kappa shape index (κ2) is 7.23. The van der Waals surface area contributed by atoms with Gasteiger partial charge in [0.25, 0.3) is 0 Å². The summed E-state index contributed by atoms with van der Waals surface area (Å²) in [6, 6.07) is 0. The summed E-state index contributed by atoms with van der Waals surface area (Å²) in [5.41, 5.74) is 0. The van der Waals surface area contributed by atoms with Gasteiger partial charge < -0.3 is 10.0 Å². The zero-order chi connectivity index (χ0) is 12.7. The maximum atomic E-state index is 11.9. The molecule has 94 valence electrons. The number of aliphatic carboxylic acids is 1. The van der Waals surface area contributed by atoms with Crippen LogP contribution in [0.3, 0.4) is 0 Å². The van der Waals surface area contributed by atoms with Crippen molar-refractivity contribution in [1.29, 1.82) is 0 Å². The Morgan fingerprint density at radius 3 is 2.59 bits per heavy atom. The summed E-state index contributed by atoms with van der Waals surface area (Å²) < 4.78 is 0. The summed E-state index contributed by atoms with van der Waals surface area (Å²) in [4.78, 5) is 23.8. The zero-order valence-electron chi connectivity index (χ0n) is 9.72. The number of amides is 1. The Morgan fingerprint density at radius 1 is 1.41 bits per heavy atom. The van der Waals surface area contributed by atoms with E-state index in [4.69, 9.17) is 11.5 Å². The van der Waals surface area contributed by atoms with Crippen LogP contribution in [0.25, 0.3) is 0 Å². The summed E-state index contributed by atoms with van der Waals surface area (Å²) in [7, 11) is 0. The van der Waals surface area contributed by atoms with Gasteiger partial charge in [0.2, 0.25) is 5.91 Å². The van der Waals surface area contributed by atoms with Gasteiger partial charge in [-0.1, -0.05) is 5.92 Å². The molecule has 1 fully saturated rings. The molecule has 1 saturated heterocycles. The van der Waals surface area contributed by atoms with E-state index < -0.39 is 5.97 Å². The molecular formula is C12H17NO3S. The standard InChI is InChI=1S/C12H17NO3S/c1-2-5-13(9-12(15)16)11(14)8-10-3-6-17-7-4-10/h1,10H,3-9H2,(H,15,16). The summed E-state index contributed by atoms with van der Waals surface area (Å²) in [5.74, 6) is 3.74. The topological polar surface area (TPSA) is 57.6 Å². The lowest BCUT2D eigenvalue weighted by atomic mass is 9.98. The van der Waals surface area contributed by atoms with Crippen LogP contribution in [0.5, 0.6) is 0 Å². The van der Waals surface area contributed by atoms with Crippen molar-refractivity contribution >= 4 is 23.6 Å². The molecule has 0 aromatic carbocycles. The van der Waals surface area contributed by atoms with Crippen LogP contribution in [0, 0.1) is 18.3 Å². The number of carboxylic acids is 1. The van der Waals surface area contributed by atoms with E-state index in [1.165, 1.54) is 4.90 Å². The lowest BCUT2D eigenvalue weighted by molar-refractivity contribution is -0.144. The van der Waals surface area contributed by atoms with E-state index in [9.17, 15) is 9.59 Å². The predicted molar refractivity (Wildman–Crippen MR) is 67.7 cm³/mol. The van der Waals surface area contributed by atoms with Crippen molar-refractivity contribution < 1.29 is 14.7 Å². The van der Waals surface area contributed by atoms with Crippen molar-refractivity contribution in [2.75, 3.05) is 24.6 Å². The maximum Gasteiger partial charge on any atom is 0.323 e. The van der Waals surface area contributed by atoms with E-state index in [-0.39, 0.29) is 19.0 Å². The third kappa shape index (κ3) is 5.14. The fourth-order valence-electron chi connectivity index (χ4n) is 1.83. The van der Waals surface area contributed by atoms with Crippen molar-refractivity contribution in [1.82, 2.24) is 4.90 Å². The number of carbonyl (C=O) groups is 2. The van der Waals surface area contributed by atoms with Gasteiger partial charge in [0.1, 0.15) is 6.54 Å². The summed E-state index contributed by atoms with van der Waals surface area (Å²) in [6.07, 6.45) is 7.63. The molecule has 0 saturated carbocycles. The molecule has 1 heterocycles. The summed E-state index contributed by atoms with van der Waals surface area (Å²) in [6.45, 7) is -0.225. The molecule has 0 aliphatic carbocycles. The highest BCUT2D eigenvalue weighted by Crippen LogP contribution is 2.25. The molecule has 17 heavy (non-hydrogen) atoms. The van der Waals surface area contributed by atoms with Crippen molar-refractivity contribution in [3.8, 4) is 12.3 Å². The molecule has 0 aromatic heterocycles. The molecule has 0 unspecified atom stereocenters.